The highest BCUT2D eigenvalue weighted by Crippen LogP contribution is 2.10. The smallest absolute Gasteiger partial charge is 0.260 e. The zero-order chi connectivity index (χ0) is 13.3. The molecule has 18 heavy (non-hydrogen) atoms. The standard InChI is InChI=1S/C16H32OSi/c1-3-5-7-8-9-10-11-12-13-14-15-17-18-16-6-4-2/h6,16H,3-5,7-15H2,1-2H3. The summed E-state index contributed by atoms with van der Waals surface area (Å²) in [4.78, 5) is 0. The van der Waals surface area contributed by atoms with Crippen LogP contribution in [0.15, 0.2) is 11.8 Å². The molecule has 0 saturated carbocycles. The molecule has 0 spiro atoms. The molecule has 0 atom stereocenters. The van der Waals surface area contributed by atoms with Crippen molar-refractivity contribution in [2.24, 2.45) is 0 Å². The lowest BCUT2D eigenvalue weighted by Crippen LogP contribution is -1.97. The van der Waals surface area contributed by atoms with E-state index in [0.29, 0.717) is 9.76 Å². The van der Waals surface area contributed by atoms with E-state index in [4.69, 9.17) is 4.43 Å². The molecule has 0 bridgehead atoms. The van der Waals surface area contributed by atoms with Crippen LogP contribution in [0, 0.1) is 0 Å². The third-order valence-electron chi connectivity index (χ3n) is 3.10. The van der Waals surface area contributed by atoms with E-state index in [1.54, 1.807) is 0 Å². The number of rotatable bonds is 14. The van der Waals surface area contributed by atoms with Gasteiger partial charge in [-0.15, -0.1) is 0 Å². The average Bonchev–Trinajstić information content (AvgIpc) is 2.39. The molecule has 0 unspecified atom stereocenters. The van der Waals surface area contributed by atoms with Gasteiger partial charge in [0.15, 0.2) is 0 Å². The molecule has 0 amide bonds. The van der Waals surface area contributed by atoms with E-state index in [-0.39, 0.29) is 0 Å². The predicted octanol–water partition coefficient (Wildman–Crippen LogP) is 5.47. The number of hydrogen-bond acceptors (Lipinski definition) is 1. The number of allylic oxidation sites excluding steroid dienone is 1. The summed E-state index contributed by atoms with van der Waals surface area (Å²) in [5, 5.41) is 0. The fourth-order valence-corrected chi connectivity index (χ4v) is 2.63. The summed E-state index contributed by atoms with van der Waals surface area (Å²) in [6, 6.07) is 0. The van der Waals surface area contributed by atoms with Gasteiger partial charge in [0.25, 0.3) is 9.76 Å². The zero-order valence-corrected chi connectivity index (χ0v) is 13.5. The molecule has 0 heterocycles. The van der Waals surface area contributed by atoms with Crippen molar-refractivity contribution in [2.45, 2.75) is 84.5 Å². The van der Waals surface area contributed by atoms with E-state index in [1.165, 1.54) is 64.2 Å². The van der Waals surface area contributed by atoms with Crippen molar-refractivity contribution in [3.63, 3.8) is 0 Å². The summed E-state index contributed by atoms with van der Waals surface area (Å²) in [7, 11) is 0.570. The molecule has 2 radical (unpaired) electrons. The van der Waals surface area contributed by atoms with Crippen molar-refractivity contribution < 1.29 is 4.43 Å². The van der Waals surface area contributed by atoms with Gasteiger partial charge in [-0.1, -0.05) is 83.4 Å². The molecule has 0 aromatic heterocycles. The second kappa shape index (κ2) is 16.9. The Morgan fingerprint density at radius 1 is 0.778 bits per heavy atom. The fourth-order valence-electron chi connectivity index (χ4n) is 1.93. The van der Waals surface area contributed by atoms with Crippen LogP contribution in [0.1, 0.15) is 84.5 Å². The number of hydrogen-bond donors (Lipinski definition) is 0. The van der Waals surface area contributed by atoms with E-state index in [0.717, 1.165) is 13.0 Å². The van der Waals surface area contributed by atoms with Gasteiger partial charge in [-0.3, -0.25) is 0 Å². The van der Waals surface area contributed by atoms with Gasteiger partial charge in [0.2, 0.25) is 0 Å². The first-order valence-corrected chi connectivity index (χ1v) is 8.92. The van der Waals surface area contributed by atoms with Gasteiger partial charge < -0.3 is 4.43 Å². The molecule has 0 aromatic rings. The highest BCUT2D eigenvalue weighted by Gasteiger charge is 1.92. The maximum Gasteiger partial charge on any atom is 0.260 e. The highest BCUT2D eigenvalue weighted by atomic mass is 28.2. The molecule has 1 nitrogen and oxygen atoms in total. The normalized spacial score (nSPS) is 11.4. The van der Waals surface area contributed by atoms with Gasteiger partial charge >= 0.3 is 0 Å². The lowest BCUT2D eigenvalue weighted by atomic mass is 10.1. The summed E-state index contributed by atoms with van der Waals surface area (Å²) in [5.74, 6) is 0. The van der Waals surface area contributed by atoms with Crippen molar-refractivity contribution in [3.8, 4) is 0 Å². The molecule has 0 saturated heterocycles. The van der Waals surface area contributed by atoms with Crippen LogP contribution < -0.4 is 0 Å². The Bertz CT molecular complexity index is 168. The first-order valence-electron chi connectivity index (χ1n) is 7.94. The largest absolute Gasteiger partial charge is 0.412 e. The lowest BCUT2D eigenvalue weighted by molar-refractivity contribution is 0.325. The van der Waals surface area contributed by atoms with Crippen molar-refractivity contribution in [1.82, 2.24) is 0 Å². The zero-order valence-electron chi connectivity index (χ0n) is 12.5. The van der Waals surface area contributed by atoms with Gasteiger partial charge in [0.05, 0.1) is 0 Å². The van der Waals surface area contributed by atoms with E-state index >= 15 is 0 Å². The topological polar surface area (TPSA) is 9.23 Å². The number of unbranched alkanes of at least 4 members (excludes halogenated alkanes) is 9. The van der Waals surface area contributed by atoms with E-state index in [1.807, 2.05) is 0 Å². The van der Waals surface area contributed by atoms with Gasteiger partial charge in [0.1, 0.15) is 0 Å². The lowest BCUT2D eigenvalue weighted by Gasteiger charge is -2.02. The van der Waals surface area contributed by atoms with Gasteiger partial charge in [-0.05, 0) is 12.8 Å². The predicted molar refractivity (Wildman–Crippen MR) is 83.0 cm³/mol. The molecule has 0 aliphatic carbocycles. The Morgan fingerprint density at radius 3 is 1.89 bits per heavy atom. The molecule has 0 rings (SSSR count). The molecule has 0 fully saturated rings. The van der Waals surface area contributed by atoms with Crippen LogP contribution in [-0.2, 0) is 4.43 Å². The molecule has 2 heteroatoms. The first kappa shape index (κ1) is 17.9. The van der Waals surface area contributed by atoms with Crippen molar-refractivity contribution in [3.05, 3.63) is 11.8 Å². The summed E-state index contributed by atoms with van der Waals surface area (Å²) < 4.78 is 5.55. The average molecular weight is 269 g/mol. The van der Waals surface area contributed by atoms with Crippen LogP contribution in [0.5, 0.6) is 0 Å². The van der Waals surface area contributed by atoms with Gasteiger partial charge in [-0.2, -0.15) is 0 Å². The third kappa shape index (κ3) is 15.9. The molecule has 106 valence electrons. The minimum atomic E-state index is 0.570. The Labute approximate surface area is 117 Å². The van der Waals surface area contributed by atoms with Crippen molar-refractivity contribution in [2.75, 3.05) is 6.61 Å². The van der Waals surface area contributed by atoms with Crippen LogP contribution in [0.25, 0.3) is 0 Å². The minimum absolute atomic E-state index is 0.570. The van der Waals surface area contributed by atoms with Crippen molar-refractivity contribution in [1.29, 1.82) is 0 Å². The summed E-state index contributed by atoms with van der Waals surface area (Å²) in [5.41, 5.74) is 2.15. The van der Waals surface area contributed by atoms with E-state index < -0.39 is 0 Å². The van der Waals surface area contributed by atoms with E-state index in [9.17, 15) is 0 Å². The quantitative estimate of drug-likeness (QED) is 0.300. The fraction of sp³-hybridized carbons (Fsp3) is 0.875. The van der Waals surface area contributed by atoms with Crippen LogP contribution in [-0.4, -0.2) is 16.4 Å². The second-order valence-electron chi connectivity index (χ2n) is 4.96. The van der Waals surface area contributed by atoms with Gasteiger partial charge in [0, 0.05) is 6.61 Å². The monoisotopic (exact) mass is 268 g/mol. The molecule has 0 aliphatic rings. The van der Waals surface area contributed by atoms with E-state index in [2.05, 4.69) is 25.6 Å². The maximum absolute atomic E-state index is 5.55. The highest BCUT2D eigenvalue weighted by molar-refractivity contribution is 6.34. The third-order valence-corrected chi connectivity index (χ3v) is 3.85. The van der Waals surface area contributed by atoms with Crippen LogP contribution >= 0.6 is 0 Å². The molecular weight excluding hydrogens is 236 g/mol. The summed E-state index contributed by atoms with van der Waals surface area (Å²) in [6.07, 6.45) is 17.2. The Hall–Kier alpha value is -0.0831. The van der Waals surface area contributed by atoms with Crippen LogP contribution in [0.2, 0.25) is 0 Å². The molecule has 0 aromatic carbocycles. The van der Waals surface area contributed by atoms with Crippen LogP contribution in [0.3, 0.4) is 0 Å². The second-order valence-corrected chi connectivity index (χ2v) is 5.82. The first-order chi connectivity index (χ1) is 8.91. The summed E-state index contributed by atoms with van der Waals surface area (Å²) in [6.45, 7) is 5.38. The SMILES string of the molecule is CCC=C[Si]OCCCCCCCCCCCC. The minimum Gasteiger partial charge on any atom is -0.412 e. The summed E-state index contributed by atoms with van der Waals surface area (Å²) >= 11 is 0. The Balaban J connectivity index is 2.92. The van der Waals surface area contributed by atoms with Gasteiger partial charge in [-0.25, -0.2) is 0 Å². The van der Waals surface area contributed by atoms with Crippen LogP contribution in [0.4, 0.5) is 0 Å². The maximum atomic E-state index is 5.55. The molecular formula is C16H32OSi. The Morgan fingerprint density at radius 2 is 1.33 bits per heavy atom. The molecule has 0 N–H and O–H groups in total. The Kier molecular flexibility index (Phi) is 16.8. The van der Waals surface area contributed by atoms with Crippen molar-refractivity contribution >= 4 is 9.76 Å². The molecule has 0 aliphatic heterocycles.